The van der Waals surface area contributed by atoms with Crippen molar-refractivity contribution in [2.24, 2.45) is 0 Å². The molecule has 0 unspecified atom stereocenters. The number of hydrogen-bond acceptors (Lipinski definition) is 4. The lowest BCUT2D eigenvalue weighted by Gasteiger charge is -2.18. The van der Waals surface area contributed by atoms with Gasteiger partial charge in [-0.25, -0.2) is 4.79 Å². The first kappa shape index (κ1) is 18.9. The maximum Gasteiger partial charge on any atom is 0.315 e. The van der Waals surface area contributed by atoms with Crippen LogP contribution in [-0.4, -0.2) is 30.0 Å². The number of nitrogens with zero attached hydrogens (tertiary/aromatic N) is 1. The van der Waals surface area contributed by atoms with Crippen molar-refractivity contribution in [2.75, 3.05) is 7.05 Å². The van der Waals surface area contributed by atoms with Crippen molar-refractivity contribution < 1.29 is 14.5 Å². The van der Waals surface area contributed by atoms with Gasteiger partial charge in [0.2, 0.25) is 5.91 Å². The zero-order valence-electron chi connectivity index (χ0n) is 14.3. The highest BCUT2D eigenvalue weighted by atomic mass is 16.6. The molecule has 0 aromatic heterocycles. The molecule has 8 heteroatoms. The lowest BCUT2D eigenvalue weighted by atomic mass is 10.0. The quantitative estimate of drug-likeness (QED) is 0.518. The number of carbonyl (C=O) groups excluding carboxylic acids is 2. The van der Waals surface area contributed by atoms with Crippen molar-refractivity contribution in [1.82, 2.24) is 16.0 Å². The van der Waals surface area contributed by atoms with Gasteiger partial charge in [0.25, 0.3) is 5.69 Å². The molecule has 0 spiro atoms. The van der Waals surface area contributed by atoms with Crippen LogP contribution in [0.3, 0.4) is 0 Å². The summed E-state index contributed by atoms with van der Waals surface area (Å²) < 4.78 is 0. The second-order valence-electron chi connectivity index (χ2n) is 5.61. The van der Waals surface area contributed by atoms with E-state index in [9.17, 15) is 19.7 Å². The number of benzene rings is 2. The number of rotatable bonds is 7. The van der Waals surface area contributed by atoms with Crippen LogP contribution in [0.15, 0.2) is 54.6 Å². The van der Waals surface area contributed by atoms with E-state index >= 15 is 0 Å². The third kappa shape index (κ3) is 5.59. The van der Waals surface area contributed by atoms with Gasteiger partial charge in [-0.2, -0.15) is 0 Å². The van der Waals surface area contributed by atoms with E-state index in [0.717, 1.165) is 5.56 Å². The summed E-state index contributed by atoms with van der Waals surface area (Å²) in [7, 11) is 1.48. The Bertz CT molecular complexity index is 763. The van der Waals surface area contributed by atoms with Crippen LogP contribution in [-0.2, 0) is 17.8 Å². The monoisotopic (exact) mass is 356 g/mol. The zero-order valence-corrected chi connectivity index (χ0v) is 14.3. The van der Waals surface area contributed by atoms with Gasteiger partial charge >= 0.3 is 6.03 Å². The lowest BCUT2D eigenvalue weighted by molar-refractivity contribution is -0.384. The van der Waals surface area contributed by atoms with Gasteiger partial charge in [0.1, 0.15) is 6.04 Å². The smallest absolute Gasteiger partial charge is 0.315 e. The van der Waals surface area contributed by atoms with E-state index in [0.29, 0.717) is 12.1 Å². The highest BCUT2D eigenvalue weighted by Crippen LogP contribution is 2.13. The van der Waals surface area contributed by atoms with Crippen LogP contribution in [0.4, 0.5) is 10.5 Å². The fourth-order valence-electron chi connectivity index (χ4n) is 2.36. The molecule has 2 aromatic rings. The summed E-state index contributed by atoms with van der Waals surface area (Å²) in [6.45, 7) is 0.338. The van der Waals surface area contributed by atoms with Crippen LogP contribution >= 0.6 is 0 Å². The fraction of sp³-hybridized carbons (Fsp3) is 0.222. The number of likely N-dealkylation sites (N-methyl/N-ethyl adjacent to an activating group) is 1. The highest BCUT2D eigenvalue weighted by molar-refractivity contribution is 5.87. The molecule has 0 fully saturated rings. The largest absolute Gasteiger partial charge is 0.357 e. The van der Waals surface area contributed by atoms with Gasteiger partial charge < -0.3 is 16.0 Å². The second-order valence-corrected chi connectivity index (χ2v) is 5.61. The average Bonchev–Trinajstić information content (AvgIpc) is 2.66. The third-order valence-electron chi connectivity index (χ3n) is 3.75. The van der Waals surface area contributed by atoms with Crippen LogP contribution in [0.1, 0.15) is 11.1 Å². The van der Waals surface area contributed by atoms with Gasteiger partial charge in [0, 0.05) is 32.1 Å². The number of hydrogen-bond donors (Lipinski definition) is 3. The van der Waals surface area contributed by atoms with E-state index in [-0.39, 0.29) is 18.0 Å². The molecule has 0 bridgehead atoms. The third-order valence-corrected chi connectivity index (χ3v) is 3.75. The van der Waals surface area contributed by atoms with Crippen LogP contribution in [0, 0.1) is 10.1 Å². The highest BCUT2D eigenvalue weighted by Gasteiger charge is 2.20. The number of nitrogens with one attached hydrogen (secondary N) is 3. The van der Waals surface area contributed by atoms with Crippen LogP contribution in [0.5, 0.6) is 0 Å². The minimum Gasteiger partial charge on any atom is -0.357 e. The number of nitro benzene ring substituents is 1. The van der Waals surface area contributed by atoms with Crippen molar-refractivity contribution in [3.63, 3.8) is 0 Å². The van der Waals surface area contributed by atoms with Crippen LogP contribution in [0.25, 0.3) is 0 Å². The summed E-state index contributed by atoms with van der Waals surface area (Å²) in [5.41, 5.74) is 1.61. The SMILES string of the molecule is CNC(=O)[C@H](Cc1ccc([N+](=O)[O-])cc1)NC(=O)NCc1ccccc1. The van der Waals surface area contributed by atoms with Crippen molar-refractivity contribution in [2.45, 2.75) is 19.0 Å². The Morgan fingerprint density at radius 1 is 1.04 bits per heavy atom. The molecule has 0 aliphatic rings. The minimum atomic E-state index is -0.794. The molecule has 3 N–H and O–H groups in total. The van der Waals surface area contributed by atoms with Gasteiger partial charge in [-0.3, -0.25) is 14.9 Å². The lowest BCUT2D eigenvalue weighted by Crippen LogP contribution is -2.50. The predicted molar refractivity (Wildman–Crippen MR) is 96.5 cm³/mol. The number of nitro groups is 1. The molecule has 3 amide bonds. The topological polar surface area (TPSA) is 113 Å². The number of carbonyl (C=O) groups is 2. The normalized spacial score (nSPS) is 11.3. The van der Waals surface area contributed by atoms with Crippen molar-refractivity contribution >= 4 is 17.6 Å². The molecule has 8 nitrogen and oxygen atoms in total. The summed E-state index contributed by atoms with van der Waals surface area (Å²) in [5.74, 6) is -0.349. The Balaban J connectivity index is 1.96. The zero-order chi connectivity index (χ0) is 18.9. The van der Waals surface area contributed by atoms with Gasteiger partial charge in [0.05, 0.1) is 4.92 Å². The van der Waals surface area contributed by atoms with Gasteiger partial charge in [0.15, 0.2) is 0 Å². The average molecular weight is 356 g/mol. The minimum absolute atomic E-state index is 0.0289. The first-order valence-electron chi connectivity index (χ1n) is 8.03. The molecule has 0 saturated heterocycles. The molecule has 0 saturated carbocycles. The van der Waals surface area contributed by atoms with Crippen LogP contribution < -0.4 is 16.0 Å². The van der Waals surface area contributed by atoms with Crippen molar-refractivity contribution in [3.8, 4) is 0 Å². The second kappa shape index (κ2) is 9.16. The Kier molecular flexibility index (Phi) is 6.67. The van der Waals surface area contributed by atoms with E-state index in [2.05, 4.69) is 16.0 Å². The molecule has 1 atom stereocenters. The molecule has 26 heavy (non-hydrogen) atoms. The van der Waals surface area contributed by atoms with Crippen molar-refractivity contribution in [1.29, 1.82) is 0 Å². The van der Waals surface area contributed by atoms with E-state index in [1.54, 1.807) is 12.1 Å². The van der Waals surface area contributed by atoms with Crippen LogP contribution in [0.2, 0.25) is 0 Å². The number of amides is 3. The molecular formula is C18H20N4O4. The maximum atomic E-state index is 12.1. The van der Waals surface area contributed by atoms with E-state index in [1.807, 2.05) is 30.3 Å². The fourth-order valence-corrected chi connectivity index (χ4v) is 2.36. The summed E-state index contributed by atoms with van der Waals surface area (Å²) in [6.07, 6.45) is 0.219. The first-order valence-corrected chi connectivity index (χ1v) is 8.03. The summed E-state index contributed by atoms with van der Waals surface area (Å²) in [5, 5.41) is 18.5. The van der Waals surface area contributed by atoms with Gasteiger partial charge in [-0.1, -0.05) is 42.5 Å². The van der Waals surface area contributed by atoms with E-state index in [4.69, 9.17) is 0 Å². The standard InChI is InChI=1S/C18H20N4O4/c1-19-17(23)16(11-13-7-9-15(10-8-13)22(25)26)21-18(24)20-12-14-5-3-2-4-6-14/h2-10,16H,11-12H2,1H3,(H,19,23)(H2,20,21,24)/t16-/m0/s1. The Morgan fingerprint density at radius 3 is 2.27 bits per heavy atom. The molecule has 0 aliphatic heterocycles. The molecular weight excluding hydrogens is 336 g/mol. The molecule has 0 radical (unpaired) electrons. The van der Waals surface area contributed by atoms with E-state index < -0.39 is 17.0 Å². The molecule has 0 aliphatic carbocycles. The maximum absolute atomic E-state index is 12.1. The predicted octanol–water partition coefficient (Wildman–Crippen LogP) is 1.75. The molecule has 2 rings (SSSR count). The summed E-state index contributed by atoms with van der Waals surface area (Å²) >= 11 is 0. The first-order chi connectivity index (χ1) is 12.5. The summed E-state index contributed by atoms with van der Waals surface area (Å²) in [6, 6.07) is 14.0. The summed E-state index contributed by atoms with van der Waals surface area (Å²) in [4.78, 5) is 34.3. The molecule has 136 valence electrons. The molecule has 0 heterocycles. The molecule has 2 aromatic carbocycles. The van der Waals surface area contributed by atoms with Crippen molar-refractivity contribution in [3.05, 3.63) is 75.8 Å². The Hall–Kier alpha value is -3.42. The van der Waals surface area contributed by atoms with Gasteiger partial charge in [-0.05, 0) is 11.1 Å². The van der Waals surface area contributed by atoms with Gasteiger partial charge in [-0.15, -0.1) is 0 Å². The van der Waals surface area contributed by atoms with E-state index in [1.165, 1.54) is 19.2 Å². The Morgan fingerprint density at radius 2 is 1.69 bits per heavy atom. The Labute approximate surface area is 150 Å². The number of non-ortho nitro benzene ring substituents is 1. The number of urea groups is 1.